The molecular formula is C31H26BrN3O4. The summed E-state index contributed by atoms with van der Waals surface area (Å²) >= 11 is 3.47. The number of carbonyl (C=O) groups excluding carboxylic acids is 3. The summed E-state index contributed by atoms with van der Waals surface area (Å²) in [6.07, 6.45) is 2.30. The normalized spacial score (nSPS) is 14.1. The summed E-state index contributed by atoms with van der Waals surface area (Å²) in [7, 11) is 0. The lowest BCUT2D eigenvalue weighted by molar-refractivity contribution is -0.127. The Balaban J connectivity index is 1.32. The number of amides is 4. The predicted octanol–water partition coefficient (Wildman–Crippen LogP) is 6.28. The van der Waals surface area contributed by atoms with Gasteiger partial charge < -0.3 is 15.4 Å². The second-order valence-corrected chi connectivity index (χ2v) is 9.96. The highest BCUT2D eigenvalue weighted by Gasteiger charge is 2.35. The Hall–Kier alpha value is -4.43. The van der Waals surface area contributed by atoms with E-state index in [-0.39, 0.29) is 5.70 Å². The number of nitrogens with zero attached hydrogens (tertiary/aromatic N) is 1. The third kappa shape index (κ3) is 5.86. The van der Waals surface area contributed by atoms with Crippen LogP contribution >= 0.6 is 15.9 Å². The molecule has 0 radical (unpaired) electrons. The molecule has 7 nitrogen and oxygen atoms in total. The average Bonchev–Trinajstić information content (AvgIpc) is 3.20. The van der Waals surface area contributed by atoms with Crippen molar-refractivity contribution in [1.82, 2.24) is 10.2 Å². The highest BCUT2D eigenvalue weighted by molar-refractivity contribution is 9.10. The van der Waals surface area contributed by atoms with Crippen molar-refractivity contribution < 1.29 is 19.1 Å². The molecule has 4 aromatic rings. The molecule has 0 bridgehead atoms. The van der Waals surface area contributed by atoms with Crippen LogP contribution in [-0.4, -0.2) is 29.3 Å². The monoisotopic (exact) mass is 583 g/mol. The Kier molecular flexibility index (Phi) is 7.74. The number of carbonyl (C=O) groups is 3. The number of anilines is 1. The van der Waals surface area contributed by atoms with Crippen LogP contribution in [0.1, 0.15) is 23.6 Å². The van der Waals surface area contributed by atoms with E-state index in [0.29, 0.717) is 23.6 Å². The topological polar surface area (TPSA) is 87.7 Å². The van der Waals surface area contributed by atoms with Gasteiger partial charge >= 0.3 is 6.03 Å². The van der Waals surface area contributed by atoms with Crippen LogP contribution in [0.5, 0.6) is 5.75 Å². The van der Waals surface area contributed by atoms with Crippen LogP contribution in [-0.2, 0) is 22.6 Å². The van der Waals surface area contributed by atoms with Crippen LogP contribution in [0.4, 0.5) is 10.5 Å². The fraction of sp³-hybridized carbons (Fsp3) is 0.129. The lowest BCUT2D eigenvalue weighted by Crippen LogP contribution is -2.38. The van der Waals surface area contributed by atoms with Crippen molar-refractivity contribution >= 4 is 56.3 Å². The van der Waals surface area contributed by atoms with Crippen molar-refractivity contribution in [2.75, 3.05) is 11.9 Å². The van der Waals surface area contributed by atoms with E-state index in [1.807, 2.05) is 61.5 Å². The lowest BCUT2D eigenvalue weighted by atomic mass is 10.1. The fourth-order valence-electron chi connectivity index (χ4n) is 4.49. The molecule has 0 aliphatic carbocycles. The Morgan fingerprint density at radius 1 is 0.974 bits per heavy atom. The number of aryl methyl sites for hydroxylation is 1. The Bertz CT molecular complexity index is 1610. The highest BCUT2D eigenvalue weighted by atomic mass is 79.9. The molecule has 39 heavy (non-hydrogen) atoms. The van der Waals surface area contributed by atoms with Crippen molar-refractivity contribution in [3.63, 3.8) is 0 Å². The van der Waals surface area contributed by atoms with E-state index in [2.05, 4.69) is 44.8 Å². The average molecular weight is 584 g/mol. The number of benzene rings is 4. The van der Waals surface area contributed by atoms with Crippen molar-refractivity contribution in [2.45, 2.75) is 20.0 Å². The second-order valence-electron chi connectivity index (χ2n) is 9.05. The van der Waals surface area contributed by atoms with Crippen molar-refractivity contribution in [3.8, 4) is 5.75 Å². The Morgan fingerprint density at radius 2 is 1.72 bits per heavy atom. The summed E-state index contributed by atoms with van der Waals surface area (Å²) in [5.41, 5.74) is 3.33. The van der Waals surface area contributed by atoms with E-state index >= 15 is 0 Å². The maximum atomic E-state index is 13.1. The number of para-hydroxylation sites is 1. The summed E-state index contributed by atoms with van der Waals surface area (Å²) in [6.45, 7) is 1.91. The van der Waals surface area contributed by atoms with Crippen LogP contribution < -0.4 is 15.4 Å². The molecule has 0 unspecified atom stereocenters. The first-order valence-electron chi connectivity index (χ1n) is 12.5. The molecule has 4 amide bonds. The van der Waals surface area contributed by atoms with Gasteiger partial charge in [-0.05, 0) is 58.7 Å². The first-order chi connectivity index (χ1) is 18.9. The molecule has 1 aliphatic rings. The van der Waals surface area contributed by atoms with Crippen LogP contribution in [0.25, 0.3) is 16.8 Å². The quantitative estimate of drug-likeness (QED) is 0.189. The molecule has 0 spiro atoms. The largest absolute Gasteiger partial charge is 0.488 e. The summed E-state index contributed by atoms with van der Waals surface area (Å²) < 4.78 is 6.96. The summed E-state index contributed by atoms with van der Waals surface area (Å²) in [6, 6.07) is 26.4. The van der Waals surface area contributed by atoms with Crippen LogP contribution in [0.15, 0.2) is 95.1 Å². The first-order valence-corrected chi connectivity index (χ1v) is 13.3. The van der Waals surface area contributed by atoms with E-state index in [0.717, 1.165) is 37.7 Å². The van der Waals surface area contributed by atoms with E-state index in [1.54, 1.807) is 18.2 Å². The molecule has 2 N–H and O–H groups in total. The van der Waals surface area contributed by atoms with E-state index < -0.39 is 24.4 Å². The fourth-order valence-corrected chi connectivity index (χ4v) is 4.87. The van der Waals surface area contributed by atoms with Crippen molar-refractivity contribution in [3.05, 3.63) is 112 Å². The number of imide groups is 1. The second kappa shape index (κ2) is 11.5. The predicted molar refractivity (Wildman–Crippen MR) is 155 cm³/mol. The van der Waals surface area contributed by atoms with Gasteiger partial charge in [0.05, 0.1) is 0 Å². The summed E-state index contributed by atoms with van der Waals surface area (Å²) in [5.74, 6) is -0.492. The van der Waals surface area contributed by atoms with Crippen LogP contribution in [0.2, 0.25) is 0 Å². The molecule has 8 heteroatoms. The number of nitrogens with one attached hydrogen (secondary N) is 2. The lowest BCUT2D eigenvalue weighted by Gasteiger charge is -2.14. The van der Waals surface area contributed by atoms with Gasteiger partial charge in [0, 0.05) is 15.7 Å². The van der Waals surface area contributed by atoms with Crippen LogP contribution in [0, 0.1) is 0 Å². The third-order valence-corrected chi connectivity index (χ3v) is 6.96. The van der Waals surface area contributed by atoms with Gasteiger partial charge in [0.2, 0.25) is 5.91 Å². The molecule has 0 atom stereocenters. The van der Waals surface area contributed by atoms with E-state index in [9.17, 15) is 14.4 Å². The maximum Gasteiger partial charge on any atom is 0.329 e. The molecule has 0 saturated carbocycles. The number of hydrogen-bond acceptors (Lipinski definition) is 4. The molecule has 1 saturated heterocycles. The maximum absolute atomic E-state index is 13.1. The molecule has 4 aromatic carbocycles. The minimum absolute atomic E-state index is 0.0647. The number of urea groups is 1. The minimum atomic E-state index is -0.654. The number of ether oxygens (including phenoxy) is 1. The van der Waals surface area contributed by atoms with Gasteiger partial charge in [-0.25, -0.2) is 9.69 Å². The molecular weight excluding hydrogens is 558 g/mol. The van der Waals surface area contributed by atoms with E-state index in [4.69, 9.17) is 4.74 Å². The molecule has 196 valence electrons. The SMILES string of the molecule is CCc1ccccc1NC(=O)CN1C(=O)N/C(=C/c2cc(Br)ccc2OCc2cccc3ccccc23)C1=O. The van der Waals surface area contributed by atoms with Gasteiger partial charge in [0.15, 0.2) is 0 Å². The van der Waals surface area contributed by atoms with Gasteiger partial charge in [-0.1, -0.05) is 83.5 Å². The molecule has 0 aromatic heterocycles. The third-order valence-electron chi connectivity index (χ3n) is 6.47. The first kappa shape index (κ1) is 26.2. The zero-order chi connectivity index (χ0) is 27.4. The number of fused-ring (bicyclic) bond motifs is 1. The summed E-state index contributed by atoms with van der Waals surface area (Å²) in [5, 5.41) is 7.61. The summed E-state index contributed by atoms with van der Waals surface area (Å²) in [4.78, 5) is 39.3. The molecule has 1 heterocycles. The Labute approximate surface area is 234 Å². The van der Waals surface area contributed by atoms with E-state index in [1.165, 1.54) is 0 Å². The zero-order valence-corrected chi connectivity index (χ0v) is 22.8. The molecule has 1 fully saturated rings. The zero-order valence-electron chi connectivity index (χ0n) is 21.2. The van der Waals surface area contributed by atoms with Crippen molar-refractivity contribution in [2.24, 2.45) is 0 Å². The van der Waals surface area contributed by atoms with Crippen LogP contribution in [0.3, 0.4) is 0 Å². The van der Waals surface area contributed by atoms with Gasteiger partial charge in [-0.2, -0.15) is 0 Å². The van der Waals surface area contributed by atoms with Gasteiger partial charge in [0.25, 0.3) is 5.91 Å². The smallest absolute Gasteiger partial charge is 0.329 e. The molecule has 5 rings (SSSR count). The van der Waals surface area contributed by atoms with Gasteiger partial charge in [-0.15, -0.1) is 0 Å². The number of halogens is 1. The van der Waals surface area contributed by atoms with Gasteiger partial charge in [0.1, 0.15) is 24.6 Å². The standard InChI is InChI=1S/C31H26BrN3O4/c1-2-20-8-4-6-13-26(20)33-29(36)18-35-30(37)27(34-31(35)38)17-23-16-24(32)14-15-28(23)39-19-22-11-7-10-21-9-3-5-12-25(21)22/h3-17H,2,18-19H2,1H3,(H,33,36)(H,34,38)/b27-17+. The van der Waals surface area contributed by atoms with Crippen molar-refractivity contribution in [1.29, 1.82) is 0 Å². The number of rotatable bonds is 8. The highest BCUT2D eigenvalue weighted by Crippen LogP contribution is 2.28. The minimum Gasteiger partial charge on any atom is -0.488 e. The number of hydrogen-bond donors (Lipinski definition) is 2. The van der Waals surface area contributed by atoms with Gasteiger partial charge in [-0.3, -0.25) is 9.59 Å². The molecule has 1 aliphatic heterocycles. The Morgan fingerprint density at radius 3 is 2.56 bits per heavy atom.